The van der Waals surface area contributed by atoms with E-state index in [1.54, 1.807) is 11.0 Å². The Morgan fingerprint density at radius 3 is 2.68 bits per heavy atom. The smallest absolute Gasteiger partial charge is 0.414 e. The van der Waals surface area contributed by atoms with Crippen molar-refractivity contribution < 1.29 is 13.9 Å². The van der Waals surface area contributed by atoms with E-state index in [0.717, 1.165) is 19.3 Å². The van der Waals surface area contributed by atoms with Crippen molar-refractivity contribution >= 4 is 23.4 Å². The summed E-state index contributed by atoms with van der Waals surface area (Å²) in [5.41, 5.74) is 0.772. The first-order valence-corrected chi connectivity index (χ1v) is 7.82. The topological polar surface area (TPSA) is 29.5 Å². The van der Waals surface area contributed by atoms with E-state index >= 15 is 0 Å². The number of amides is 1. The summed E-state index contributed by atoms with van der Waals surface area (Å²) in [5, 5.41) is 0.293. The Bertz CT molecular complexity index is 593. The fraction of sp³-hybridized carbons (Fsp3) is 0.471. The minimum Gasteiger partial charge on any atom is -0.443 e. The molecule has 0 atom stereocenters. The quantitative estimate of drug-likeness (QED) is 0.706. The van der Waals surface area contributed by atoms with E-state index in [-0.39, 0.29) is 0 Å². The van der Waals surface area contributed by atoms with Gasteiger partial charge in [0.2, 0.25) is 0 Å². The standard InChI is InChI=1S/C17H21ClFNO2/c1-17(2,3)22-16(21)20-10-6-4-5-7-15(20)13-9-8-12(19)11-14(13)18/h7-9,11H,4-6,10H2,1-3H3. The molecule has 1 heterocycles. The molecule has 1 aromatic carbocycles. The zero-order chi connectivity index (χ0) is 16.3. The SMILES string of the molecule is CC(C)(C)OC(=O)N1CCCCC=C1c1ccc(F)cc1Cl. The van der Waals surface area contributed by atoms with Gasteiger partial charge >= 0.3 is 6.09 Å². The molecule has 0 aliphatic carbocycles. The van der Waals surface area contributed by atoms with Crippen molar-refractivity contribution in [1.82, 2.24) is 4.90 Å². The number of nitrogens with zero attached hydrogens (tertiary/aromatic N) is 1. The Labute approximate surface area is 135 Å². The van der Waals surface area contributed by atoms with Crippen LogP contribution in [-0.2, 0) is 4.74 Å². The van der Waals surface area contributed by atoms with Crippen molar-refractivity contribution in [2.24, 2.45) is 0 Å². The second-order valence-corrected chi connectivity index (χ2v) is 6.75. The van der Waals surface area contributed by atoms with Crippen molar-refractivity contribution in [2.75, 3.05) is 6.54 Å². The van der Waals surface area contributed by atoms with Crippen LogP contribution >= 0.6 is 11.6 Å². The minimum absolute atomic E-state index is 0.293. The third-order valence-corrected chi connectivity index (χ3v) is 3.60. The Kier molecular flexibility index (Phi) is 5.12. The molecule has 5 heteroatoms. The van der Waals surface area contributed by atoms with Crippen molar-refractivity contribution in [3.8, 4) is 0 Å². The number of carbonyl (C=O) groups excluding carboxylic acids is 1. The van der Waals surface area contributed by atoms with Gasteiger partial charge in [-0.3, -0.25) is 4.90 Å². The maximum atomic E-state index is 13.3. The number of hydrogen-bond donors (Lipinski definition) is 0. The summed E-state index contributed by atoms with van der Waals surface area (Å²) in [6, 6.07) is 4.21. The van der Waals surface area contributed by atoms with Crippen LogP contribution in [-0.4, -0.2) is 23.1 Å². The molecule has 22 heavy (non-hydrogen) atoms. The molecule has 0 fully saturated rings. The van der Waals surface area contributed by atoms with Crippen LogP contribution in [0.1, 0.15) is 45.6 Å². The molecule has 3 nitrogen and oxygen atoms in total. The molecule has 2 rings (SSSR count). The van der Waals surface area contributed by atoms with Gasteiger partial charge in [-0.15, -0.1) is 0 Å². The number of allylic oxidation sites excluding steroid dienone is 1. The van der Waals surface area contributed by atoms with Gasteiger partial charge in [-0.1, -0.05) is 17.7 Å². The van der Waals surface area contributed by atoms with Crippen molar-refractivity contribution in [3.63, 3.8) is 0 Å². The lowest BCUT2D eigenvalue weighted by Gasteiger charge is -2.28. The summed E-state index contributed by atoms with van der Waals surface area (Å²) in [4.78, 5) is 14.1. The minimum atomic E-state index is -0.568. The molecule has 1 aromatic rings. The first-order valence-electron chi connectivity index (χ1n) is 7.44. The zero-order valence-corrected chi connectivity index (χ0v) is 13.9. The lowest BCUT2D eigenvalue weighted by Crippen LogP contribution is -2.36. The van der Waals surface area contributed by atoms with Gasteiger partial charge in [-0.2, -0.15) is 0 Å². The average Bonchev–Trinajstić information content (AvgIpc) is 2.62. The van der Waals surface area contributed by atoms with Gasteiger partial charge in [0, 0.05) is 12.1 Å². The Morgan fingerprint density at radius 1 is 1.32 bits per heavy atom. The molecule has 0 aromatic heterocycles. The van der Waals surface area contributed by atoms with E-state index in [2.05, 4.69) is 0 Å². The highest BCUT2D eigenvalue weighted by Crippen LogP contribution is 2.31. The first kappa shape index (κ1) is 16.8. The summed E-state index contributed by atoms with van der Waals surface area (Å²) in [6.07, 6.45) is 4.29. The summed E-state index contributed by atoms with van der Waals surface area (Å²) in [5.74, 6) is -0.396. The van der Waals surface area contributed by atoms with Crippen LogP contribution < -0.4 is 0 Å². The van der Waals surface area contributed by atoms with Gasteiger partial charge in [-0.05, 0) is 58.2 Å². The van der Waals surface area contributed by atoms with Crippen LogP contribution in [0.3, 0.4) is 0 Å². The lowest BCUT2D eigenvalue weighted by atomic mass is 10.1. The summed E-state index contributed by atoms with van der Waals surface area (Å²) in [6.45, 7) is 6.05. The molecule has 1 aliphatic rings. The van der Waals surface area contributed by atoms with Gasteiger partial charge in [0.15, 0.2) is 0 Å². The van der Waals surface area contributed by atoms with Gasteiger partial charge in [-0.25, -0.2) is 9.18 Å². The maximum absolute atomic E-state index is 13.3. The molecule has 0 radical (unpaired) electrons. The molecule has 120 valence electrons. The highest BCUT2D eigenvalue weighted by atomic mass is 35.5. The van der Waals surface area contributed by atoms with E-state index in [1.165, 1.54) is 12.1 Å². The predicted octanol–water partition coefficient (Wildman–Crippen LogP) is 5.24. The van der Waals surface area contributed by atoms with Crippen LogP contribution in [0.25, 0.3) is 5.70 Å². The van der Waals surface area contributed by atoms with Gasteiger partial charge < -0.3 is 4.74 Å². The largest absolute Gasteiger partial charge is 0.443 e. The van der Waals surface area contributed by atoms with Gasteiger partial charge in [0.05, 0.1) is 10.7 Å². The van der Waals surface area contributed by atoms with E-state index in [4.69, 9.17) is 16.3 Å². The van der Waals surface area contributed by atoms with Crippen molar-refractivity contribution in [3.05, 3.63) is 40.7 Å². The second kappa shape index (κ2) is 6.69. The number of rotatable bonds is 1. The summed E-state index contributed by atoms with van der Waals surface area (Å²) in [7, 11) is 0. The molecule has 1 amide bonds. The van der Waals surface area contributed by atoms with Crippen LogP contribution in [0.15, 0.2) is 24.3 Å². The number of benzene rings is 1. The highest BCUT2D eigenvalue weighted by molar-refractivity contribution is 6.32. The molecule has 0 saturated heterocycles. The maximum Gasteiger partial charge on any atom is 0.414 e. The number of ether oxygens (including phenoxy) is 1. The number of halogens is 2. The fourth-order valence-corrected chi connectivity index (χ4v) is 2.61. The van der Waals surface area contributed by atoms with Gasteiger partial charge in [0.1, 0.15) is 11.4 Å². The zero-order valence-electron chi connectivity index (χ0n) is 13.2. The van der Waals surface area contributed by atoms with Crippen molar-refractivity contribution in [1.29, 1.82) is 0 Å². The molecule has 0 N–H and O–H groups in total. The third-order valence-electron chi connectivity index (χ3n) is 3.29. The predicted molar refractivity (Wildman–Crippen MR) is 86.2 cm³/mol. The molecule has 0 spiro atoms. The summed E-state index contributed by atoms with van der Waals surface area (Å²) >= 11 is 6.16. The van der Waals surface area contributed by atoms with Gasteiger partial charge in [0.25, 0.3) is 0 Å². The van der Waals surface area contributed by atoms with E-state index < -0.39 is 17.5 Å². The molecular weight excluding hydrogens is 305 g/mol. The van der Waals surface area contributed by atoms with E-state index in [1.807, 2.05) is 26.8 Å². The number of hydrogen-bond acceptors (Lipinski definition) is 2. The summed E-state index contributed by atoms with van der Waals surface area (Å²) < 4.78 is 18.7. The van der Waals surface area contributed by atoms with Crippen LogP contribution in [0.4, 0.5) is 9.18 Å². The average molecular weight is 326 g/mol. The molecular formula is C17H21ClFNO2. The lowest BCUT2D eigenvalue weighted by molar-refractivity contribution is 0.0354. The Hall–Kier alpha value is -1.55. The van der Waals surface area contributed by atoms with Crippen molar-refractivity contribution in [2.45, 2.75) is 45.6 Å². The van der Waals surface area contributed by atoms with E-state index in [0.29, 0.717) is 22.8 Å². The molecule has 0 saturated carbocycles. The first-order chi connectivity index (χ1) is 10.3. The Morgan fingerprint density at radius 2 is 2.05 bits per heavy atom. The second-order valence-electron chi connectivity index (χ2n) is 6.34. The third kappa shape index (κ3) is 4.23. The molecule has 0 bridgehead atoms. The van der Waals surface area contributed by atoms with Crippen LogP contribution in [0.5, 0.6) is 0 Å². The monoisotopic (exact) mass is 325 g/mol. The Balaban J connectivity index is 2.36. The fourth-order valence-electron chi connectivity index (χ4n) is 2.34. The number of carbonyl (C=O) groups is 1. The normalized spacial score (nSPS) is 16.0. The van der Waals surface area contributed by atoms with Crippen LogP contribution in [0.2, 0.25) is 5.02 Å². The highest BCUT2D eigenvalue weighted by Gasteiger charge is 2.27. The van der Waals surface area contributed by atoms with E-state index in [9.17, 15) is 9.18 Å². The molecule has 1 aliphatic heterocycles. The molecule has 0 unspecified atom stereocenters. The van der Waals surface area contributed by atoms with Crippen LogP contribution in [0, 0.1) is 5.82 Å².